The summed E-state index contributed by atoms with van der Waals surface area (Å²) in [4.78, 5) is 36.8. The summed E-state index contributed by atoms with van der Waals surface area (Å²) in [5.41, 5.74) is -0.175. The van der Waals surface area contributed by atoms with Gasteiger partial charge in [0.25, 0.3) is 5.91 Å². The van der Waals surface area contributed by atoms with Crippen LogP contribution in [0.4, 0.5) is 0 Å². The molecule has 0 radical (unpaired) electrons. The Balaban J connectivity index is 1.69. The van der Waals surface area contributed by atoms with Crippen LogP contribution in [0.25, 0.3) is 11.0 Å². The maximum absolute atomic E-state index is 12.3. The predicted octanol–water partition coefficient (Wildman–Crippen LogP) is 3.69. The highest BCUT2D eigenvalue weighted by Gasteiger charge is 2.27. The lowest BCUT2D eigenvalue weighted by Gasteiger charge is -2.30. The molecule has 1 aliphatic carbocycles. The quantitative estimate of drug-likeness (QED) is 0.803. The number of halogens is 1. The van der Waals surface area contributed by atoms with Crippen LogP contribution in [0.5, 0.6) is 0 Å². The van der Waals surface area contributed by atoms with E-state index in [1.165, 1.54) is 25.5 Å². The molecule has 1 amide bonds. The number of fused-ring (bicyclic) bond motifs is 1. The Morgan fingerprint density at radius 2 is 2.00 bits per heavy atom. The van der Waals surface area contributed by atoms with E-state index in [4.69, 9.17) is 20.8 Å². The van der Waals surface area contributed by atoms with Crippen LogP contribution in [-0.4, -0.2) is 24.0 Å². The number of benzene rings is 1. The highest BCUT2D eigenvalue weighted by atomic mass is 35.5. The number of ether oxygens (including phenoxy) is 1. The van der Waals surface area contributed by atoms with E-state index in [0.717, 1.165) is 25.3 Å². The molecule has 1 aromatic carbocycles. The third-order valence-corrected chi connectivity index (χ3v) is 5.22. The summed E-state index contributed by atoms with van der Waals surface area (Å²) in [6, 6.07) is 5.68. The summed E-state index contributed by atoms with van der Waals surface area (Å²) in [6.45, 7) is 3.61. The van der Waals surface area contributed by atoms with Crippen molar-refractivity contribution in [2.45, 2.75) is 51.7 Å². The van der Waals surface area contributed by atoms with Crippen molar-refractivity contribution in [1.29, 1.82) is 0 Å². The molecule has 7 heteroatoms. The van der Waals surface area contributed by atoms with Gasteiger partial charge in [0.15, 0.2) is 11.5 Å². The molecule has 144 valence electrons. The van der Waals surface area contributed by atoms with Crippen molar-refractivity contribution in [2.24, 2.45) is 5.92 Å². The lowest BCUT2D eigenvalue weighted by atomic mass is 9.86. The fourth-order valence-electron chi connectivity index (χ4n) is 3.33. The summed E-state index contributed by atoms with van der Waals surface area (Å²) >= 11 is 5.87. The molecule has 1 aliphatic rings. The average molecular weight is 392 g/mol. The fourth-order valence-corrected chi connectivity index (χ4v) is 3.50. The third-order valence-electron chi connectivity index (χ3n) is 4.98. The lowest BCUT2D eigenvalue weighted by Crippen LogP contribution is -2.46. The number of amides is 1. The molecule has 1 N–H and O–H groups in total. The van der Waals surface area contributed by atoms with Crippen LogP contribution in [0.2, 0.25) is 5.02 Å². The Morgan fingerprint density at radius 1 is 1.26 bits per heavy atom. The largest absolute Gasteiger partial charge is 0.449 e. The maximum atomic E-state index is 12.3. The van der Waals surface area contributed by atoms with Gasteiger partial charge in [0, 0.05) is 17.1 Å². The maximum Gasteiger partial charge on any atom is 0.375 e. The normalized spacial score (nSPS) is 20.9. The van der Waals surface area contributed by atoms with Gasteiger partial charge < -0.3 is 14.5 Å². The van der Waals surface area contributed by atoms with Gasteiger partial charge in [0.1, 0.15) is 5.58 Å². The minimum Gasteiger partial charge on any atom is -0.449 e. The smallest absolute Gasteiger partial charge is 0.375 e. The molecule has 1 heterocycles. The SMILES string of the molecule is C[C@@H](OC(=O)c1cc(=O)c2cc(Cl)ccc2o1)C(=O)N[C@@H]1CCCC[C@@H]1C. The molecule has 0 unspecified atom stereocenters. The van der Waals surface area contributed by atoms with E-state index in [1.54, 1.807) is 6.07 Å². The zero-order chi connectivity index (χ0) is 19.6. The van der Waals surface area contributed by atoms with Crippen molar-refractivity contribution in [3.8, 4) is 0 Å². The summed E-state index contributed by atoms with van der Waals surface area (Å²) in [7, 11) is 0. The van der Waals surface area contributed by atoms with Gasteiger partial charge >= 0.3 is 5.97 Å². The Kier molecular flexibility index (Phi) is 5.85. The van der Waals surface area contributed by atoms with Gasteiger partial charge in [-0.2, -0.15) is 0 Å². The van der Waals surface area contributed by atoms with Gasteiger partial charge in [0.05, 0.1) is 5.39 Å². The number of hydrogen-bond acceptors (Lipinski definition) is 5. The Hall–Kier alpha value is -2.34. The molecule has 0 bridgehead atoms. The number of carbonyl (C=O) groups excluding carboxylic acids is 2. The van der Waals surface area contributed by atoms with E-state index in [0.29, 0.717) is 10.9 Å². The third kappa shape index (κ3) is 4.50. The topological polar surface area (TPSA) is 85.6 Å². The van der Waals surface area contributed by atoms with Gasteiger partial charge in [-0.25, -0.2) is 4.79 Å². The van der Waals surface area contributed by atoms with Crippen LogP contribution in [0.1, 0.15) is 50.1 Å². The van der Waals surface area contributed by atoms with Crippen molar-refractivity contribution < 1.29 is 18.7 Å². The highest BCUT2D eigenvalue weighted by molar-refractivity contribution is 6.31. The second kappa shape index (κ2) is 8.13. The second-order valence-corrected chi connectivity index (χ2v) is 7.48. The first-order chi connectivity index (χ1) is 12.8. The fraction of sp³-hybridized carbons (Fsp3) is 0.450. The molecule has 0 aliphatic heterocycles. The highest BCUT2D eigenvalue weighted by Crippen LogP contribution is 2.24. The number of rotatable bonds is 4. The monoisotopic (exact) mass is 391 g/mol. The number of nitrogens with one attached hydrogen (secondary N) is 1. The van der Waals surface area contributed by atoms with E-state index in [2.05, 4.69) is 12.2 Å². The minimum absolute atomic E-state index is 0.0933. The van der Waals surface area contributed by atoms with Crippen molar-refractivity contribution in [2.75, 3.05) is 0 Å². The van der Waals surface area contributed by atoms with Crippen LogP contribution in [0, 0.1) is 5.92 Å². The van der Waals surface area contributed by atoms with Crippen molar-refractivity contribution in [3.63, 3.8) is 0 Å². The van der Waals surface area contributed by atoms with Crippen molar-refractivity contribution >= 4 is 34.4 Å². The van der Waals surface area contributed by atoms with Crippen LogP contribution in [0.3, 0.4) is 0 Å². The Labute approximate surface area is 161 Å². The standard InChI is InChI=1S/C20H22ClNO5/c1-11-5-3-4-6-15(11)22-19(24)12(2)26-20(25)18-10-16(23)14-9-13(21)7-8-17(14)27-18/h7-12,15H,3-6H2,1-2H3,(H,22,24)/t11-,12+,15+/m0/s1. The molecule has 2 aromatic rings. The second-order valence-electron chi connectivity index (χ2n) is 7.04. The van der Waals surface area contributed by atoms with Gasteiger partial charge in [-0.3, -0.25) is 9.59 Å². The van der Waals surface area contributed by atoms with Gasteiger partial charge in [0.2, 0.25) is 5.76 Å². The molecule has 0 spiro atoms. The van der Waals surface area contributed by atoms with Gasteiger partial charge in [-0.1, -0.05) is 31.4 Å². The Morgan fingerprint density at radius 3 is 2.74 bits per heavy atom. The van der Waals surface area contributed by atoms with Crippen molar-refractivity contribution in [3.05, 3.63) is 45.3 Å². The molecule has 27 heavy (non-hydrogen) atoms. The molecule has 3 atom stereocenters. The van der Waals surface area contributed by atoms with E-state index in [9.17, 15) is 14.4 Å². The van der Waals surface area contributed by atoms with Crippen LogP contribution >= 0.6 is 11.6 Å². The minimum atomic E-state index is -0.988. The molecule has 1 aromatic heterocycles. The summed E-state index contributed by atoms with van der Waals surface area (Å²) in [5, 5.41) is 3.62. The number of esters is 1. The van der Waals surface area contributed by atoms with Crippen LogP contribution in [0.15, 0.2) is 33.5 Å². The number of carbonyl (C=O) groups is 2. The molecular formula is C20H22ClNO5. The predicted molar refractivity (Wildman–Crippen MR) is 102 cm³/mol. The average Bonchev–Trinajstić information content (AvgIpc) is 2.63. The Bertz CT molecular complexity index is 922. The van der Waals surface area contributed by atoms with Crippen LogP contribution in [-0.2, 0) is 9.53 Å². The summed E-state index contributed by atoms with van der Waals surface area (Å²) in [5.74, 6) is -1.06. The van der Waals surface area contributed by atoms with Crippen LogP contribution < -0.4 is 10.7 Å². The molecule has 1 saturated carbocycles. The zero-order valence-corrected chi connectivity index (χ0v) is 16.0. The molecule has 6 nitrogen and oxygen atoms in total. The van der Waals surface area contributed by atoms with E-state index in [-0.39, 0.29) is 28.7 Å². The molecule has 1 fully saturated rings. The summed E-state index contributed by atoms with van der Waals surface area (Å²) < 4.78 is 10.6. The van der Waals surface area contributed by atoms with E-state index in [1.807, 2.05) is 0 Å². The molecule has 3 rings (SSSR count). The first-order valence-electron chi connectivity index (χ1n) is 9.10. The molecule has 0 saturated heterocycles. The number of hydrogen-bond donors (Lipinski definition) is 1. The summed E-state index contributed by atoms with van der Waals surface area (Å²) in [6.07, 6.45) is 3.26. The van der Waals surface area contributed by atoms with Crippen molar-refractivity contribution in [1.82, 2.24) is 5.32 Å². The van der Waals surface area contributed by atoms with E-state index < -0.39 is 17.5 Å². The van der Waals surface area contributed by atoms with Gasteiger partial charge in [-0.05, 0) is 43.9 Å². The van der Waals surface area contributed by atoms with Gasteiger partial charge in [-0.15, -0.1) is 0 Å². The molecular weight excluding hydrogens is 370 g/mol. The zero-order valence-electron chi connectivity index (χ0n) is 15.3. The first kappa shape index (κ1) is 19.4. The van der Waals surface area contributed by atoms with E-state index >= 15 is 0 Å². The first-order valence-corrected chi connectivity index (χ1v) is 9.47. The lowest BCUT2D eigenvalue weighted by molar-refractivity contribution is -0.130.